The predicted octanol–water partition coefficient (Wildman–Crippen LogP) is 5.04. The lowest BCUT2D eigenvalue weighted by Gasteiger charge is -2.08. The quantitative estimate of drug-likeness (QED) is 0.727. The molecule has 0 fully saturated rings. The fourth-order valence-electron chi connectivity index (χ4n) is 2.16. The molecule has 0 saturated carbocycles. The summed E-state index contributed by atoms with van der Waals surface area (Å²) in [5.41, 5.74) is 5.53. The topological polar surface area (TPSA) is 12.0 Å². The standard InChI is InChI=1S/C17H23NS/c1-4-9-18-10-16-11-19-12-17(16)15-7-5-14(6-8-15)13(2)3/h5-8,11-13,18H,4,9-10H2,1-3H3. The van der Waals surface area contributed by atoms with Gasteiger partial charge >= 0.3 is 0 Å². The molecule has 0 atom stereocenters. The Labute approximate surface area is 120 Å². The van der Waals surface area contributed by atoms with Crippen molar-refractivity contribution >= 4 is 11.3 Å². The van der Waals surface area contributed by atoms with Crippen molar-refractivity contribution < 1.29 is 0 Å². The Bertz CT molecular complexity index is 496. The molecule has 2 aromatic rings. The van der Waals surface area contributed by atoms with Crippen LogP contribution in [-0.2, 0) is 6.54 Å². The van der Waals surface area contributed by atoms with Crippen LogP contribution in [0.2, 0.25) is 0 Å². The van der Waals surface area contributed by atoms with Gasteiger partial charge in [-0.15, -0.1) is 0 Å². The summed E-state index contributed by atoms with van der Waals surface area (Å²) >= 11 is 1.79. The smallest absolute Gasteiger partial charge is 0.0219 e. The Morgan fingerprint density at radius 3 is 2.47 bits per heavy atom. The molecule has 0 aliphatic heterocycles. The van der Waals surface area contributed by atoms with E-state index in [1.165, 1.54) is 28.7 Å². The maximum atomic E-state index is 3.48. The van der Waals surface area contributed by atoms with Crippen molar-refractivity contribution in [3.8, 4) is 11.1 Å². The second kappa shape index (κ2) is 6.88. The highest BCUT2D eigenvalue weighted by Crippen LogP contribution is 2.28. The molecular weight excluding hydrogens is 250 g/mol. The van der Waals surface area contributed by atoms with Crippen LogP contribution in [0.25, 0.3) is 11.1 Å². The van der Waals surface area contributed by atoms with Crippen LogP contribution >= 0.6 is 11.3 Å². The first-order valence-corrected chi connectivity index (χ1v) is 8.02. The molecule has 2 rings (SSSR count). The van der Waals surface area contributed by atoms with Gasteiger partial charge in [0.25, 0.3) is 0 Å². The normalized spacial score (nSPS) is 11.2. The van der Waals surface area contributed by atoms with Gasteiger partial charge in [-0.05, 0) is 51.9 Å². The number of hydrogen-bond acceptors (Lipinski definition) is 2. The van der Waals surface area contributed by atoms with Crippen molar-refractivity contribution in [3.05, 3.63) is 46.2 Å². The summed E-state index contributed by atoms with van der Waals surface area (Å²) in [7, 11) is 0. The number of thiophene rings is 1. The highest BCUT2D eigenvalue weighted by atomic mass is 32.1. The second-order valence-corrected chi connectivity index (χ2v) is 6.01. The van der Waals surface area contributed by atoms with Crippen LogP contribution in [0, 0.1) is 0 Å². The summed E-state index contributed by atoms with van der Waals surface area (Å²) in [6.45, 7) is 8.73. The SMILES string of the molecule is CCCNCc1cscc1-c1ccc(C(C)C)cc1. The van der Waals surface area contributed by atoms with Gasteiger partial charge in [0, 0.05) is 6.54 Å². The van der Waals surface area contributed by atoms with Crippen LogP contribution in [0.15, 0.2) is 35.0 Å². The molecule has 1 N–H and O–H groups in total. The Kier molecular flexibility index (Phi) is 5.17. The maximum Gasteiger partial charge on any atom is 0.0219 e. The van der Waals surface area contributed by atoms with E-state index in [0.29, 0.717) is 5.92 Å². The molecule has 1 aromatic carbocycles. The van der Waals surface area contributed by atoms with E-state index in [1.54, 1.807) is 11.3 Å². The van der Waals surface area contributed by atoms with E-state index in [1.807, 2.05) is 0 Å². The monoisotopic (exact) mass is 273 g/mol. The Balaban J connectivity index is 2.15. The van der Waals surface area contributed by atoms with E-state index < -0.39 is 0 Å². The molecule has 19 heavy (non-hydrogen) atoms. The van der Waals surface area contributed by atoms with Gasteiger partial charge in [-0.25, -0.2) is 0 Å². The van der Waals surface area contributed by atoms with Crippen molar-refractivity contribution in [2.24, 2.45) is 0 Å². The minimum atomic E-state index is 0.599. The highest BCUT2D eigenvalue weighted by Gasteiger charge is 2.07. The van der Waals surface area contributed by atoms with E-state index in [9.17, 15) is 0 Å². The average Bonchev–Trinajstić information content (AvgIpc) is 2.87. The van der Waals surface area contributed by atoms with Crippen LogP contribution in [0.1, 0.15) is 44.2 Å². The van der Waals surface area contributed by atoms with Crippen LogP contribution in [0.3, 0.4) is 0 Å². The zero-order valence-corrected chi connectivity index (χ0v) is 12.9. The Hall–Kier alpha value is -1.12. The summed E-state index contributed by atoms with van der Waals surface area (Å²) in [5.74, 6) is 0.599. The van der Waals surface area contributed by atoms with Gasteiger partial charge < -0.3 is 5.32 Å². The molecule has 0 radical (unpaired) electrons. The van der Waals surface area contributed by atoms with Crippen molar-refractivity contribution in [1.29, 1.82) is 0 Å². The highest BCUT2D eigenvalue weighted by molar-refractivity contribution is 7.08. The van der Waals surface area contributed by atoms with E-state index in [2.05, 4.69) is 61.1 Å². The molecule has 0 aliphatic rings. The summed E-state index contributed by atoms with van der Waals surface area (Å²) in [5, 5.41) is 8.00. The van der Waals surface area contributed by atoms with Crippen LogP contribution in [0.4, 0.5) is 0 Å². The lowest BCUT2D eigenvalue weighted by molar-refractivity contribution is 0.677. The number of nitrogens with one attached hydrogen (secondary N) is 1. The minimum absolute atomic E-state index is 0.599. The minimum Gasteiger partial charge on any atom is -0.313 e. The first-order chi connectivity index (χ1) is 9.22. The van der Waals surface area contributed by atoms with Gasteiger partial charge in [0.2, 0.25) is 0 Å². The predicted molar refractivity (Wildman–Crippen MR) is 85.8 cm³/mol. The van der Waals surface area contributed by atoms with E-state index in [-0.39, 0.29) is 0 Å². The summed E-state index contributed by atoms with van der Waals surface area (Å²) in [6, 6.07) is 9.00. The van der Waals surface area contributed by atoms with Crippen molar-refractivity contribution in [2.45, 2.75) is 39.7 Å². The molecule has 2 heteroatoms. The summed E-state index contributed by atoms with van der Waals surface area (Å²) < 4.78 is 0. The first kappa shape index (κ1) is 14.3. The first-order valence-electron chi connectivity index (χ1n) is 7.08. The van der Waals surface area contributed by atoms with E-state index in [0.717, 1.165) is 13.1 Å². The van der Waals surface area contributed by atoms with Crippen LogP contribution in [-0.4, -0.2) is 6.54 Å². The molecule has 0 spiro atoms. The fraction of sp³-hybridized carbons (Fsp3) is 0.412. The molecule has 1 heterocycles. The molecular formula is C17H23NS. The molecule has 1 nitrogen and oxygen atoms in total. The third-order valence-electron chi connectivity index (χ3n) is 3.37. The molecule has 0 unspecified atom stereocenters. The lowest BCUT2D eigenvalue weighted by Crippen LogP contribution is -2.13. The third kappa shape index (κ3) is 3.68. The molecule has 0 amide bonds. The van der Waals surface area contributed by atoms with Crippen molar-refractivity contribution in [2.75, 3.05) is 6.54 Å². The zero-order valence-electron chi connectivity index (χ0n) is 12.1. The number of rotatable bonds is 6. The van der Waals surface area contributed by atoms with Crippen LogP contribution < -0.4 is 5.32 Å². The van der Waals surface area contributed by atoms with Gasteiger partial charge in [-0.1, -0.05) is 45.0 Å². The zero-order chi connectivity index (χ0) is 13.7. The Morgan fingerprint density at radius 1 is 1.11 bits per heavy atom. The molecule has 1 aromatic heterocycles. The van der Waals surface area contributed by atoms with Crippen LogP contribution in [0.5, 0.6) is 0 Å². The largest absolute Gasteiger partial charge is 0.313 e. The van der Waals surface area contributed by atoms with Gasteiger partial charge in [0.1, 0.15) is 0 Å². The molecule has 0 aliphatic carbocycles. The maximum absolute atomic E-state index is 3.48. The third-order valence-corrected chi connectivity index (χ3v) is 4.17. The van der Waals surface area contributed by atoms with E-state index in [4.69, 9.17) is 0 Å². The van der Waals surface area contributed by atoms with Crippen molar-refractivity contribution in [3.63, 3.8) is 0 Å². The summed E-state index contributed by atoms with van der Waals surface area (Å²) in [6.07, 6.45) is 1.18. The molecule has 0 saturated heterocycles. The fourth-order valence-corrected chi connectivity index (χ4v) is 3.03. The van der Waals surface area contributed by atoms with Crippen molar-refractivity contribution in [1.82, 2.24) is 5.32 Å². The average molecular weight is 273 g/mol. The van der Waals surface area contributed by atoms with Gasteiger partial charge in [0.05, 0.1) is 0 Å². The second-order valence-electron chi connectivity index (χ2n) is 5.26. The van der Waals surface area contributed by atoms with Gasteiger partial charge in [0.15, 0.2) is 0 Å². The van der Waals surface area contributed by atoms with E-state index >= 15 is 0 Å². The summed E-state index contributed by atoms with van der Waals surface area (Å²) in [4.78, 5) is 0. The Morgan fingerprint density at radius 2 is 1.84 bits per heavy atom. The lowest BCUT2D eigenvalue weighted by atomic mass is 9.98. The molecule has 0 bridgehead atoms. The number of benzene rings is 1. The number of hydrogen-bond donors (Lipinski definition) is 1. The molecule has 102 valence electrons. The van der Waals surface area contributed by atoms with Gasteiger partial charge in [-0.3, -0.25) is 0 Å². The van der Waals surface area contributed by atoms with Gasteiger partial charge in [-0.2, -0.15) is 11.3 Å².